The second-order valence-corrected chi connectivity index (χ2v) is 13.4. The summed E-state index contributed by atoms with van der Waals surface area (Å²) in [5.74, 6) is 0.543. The number of ether oxygens (including phenoxy) is 1. The lowest BCUT2D eigenvalue weighted by molar-refractivity contribution is -0.121. The average Bonchev–Trinajstić information content (AvgIpc) is 2.73. The number of nitriles is 1. The number of methoxy groups -OCH3 is 1. The van der Waals surface area contributed by atoms with E-state index >= 15 is 0 Å². The quantitative estimate of drug-likeness (QED) is 0.444. The molecule has 5 nitrogen and oxygen atoms in total. The molecule has 1 unspecified atom stereocenters. The van der Waals surface area contributed by atoms with Crippen molar-refractivity contribution in [2.24, 2.45) is 0 Å². The number of anilines is 1. The molecular weight excluding hydrogens is 402 g/mol. The molecule has 2 aromatic carbocycles. The predicted octanol–water partition coefficient (Wildman–Crippen LogP) is 4.47. The van der Waals surface area contributed by atoms with E-state index in [2.05, 4.69) is 44.2 Å². The number of carbonyl (C=O) groups is 1. The van der Waals surface area contributed by atoms with Crippen LogP contribution in [-0.4, -0.2) is 39.1 Å². The first kappa shape index (κ1) is 24.1. The van der Waals surface area contributed by atoms with Crippen LogP contribution in [0, 0.1) is 11.3 Å². The zero-order valence-electron chi connectivity index (χ0n) is 18.8. The van der Waals surface area contributed by atoms with Gasteiger partial charge >= 0.3 is 0 Å². The van der Waals surface area contributed by atoms with Crippen molar-refractivity contribution < 1.29 is 9.53 Å². The molecule has 0 heterocycles. The van der Waals surface area contributed by atoms with Gasteiger partial charge in [-0.3, -0.25) is 9.69 Å². The Morgan fingerprint density at radius 3 is 2.26 bits per heavy atom. The van der Waals surface area contributed by atoms with E-state index in [1.165, 1.54) is 0 Å². The van der Waals surface area contributed by atoms with Crippen LogP contribution in [0.1, 0.15) is 17.2 Å². The first-order chi connectivity index (χ1) is 14.7. The summed E-state index contributed by atoms with van der Waals surface area (Å²) in [5, 5.41) is 13.7. The Balaban J connectivity index is 2.41. The van der Waals surface area contributed by atoms with E-state index in [1.807, 2.05) is 41.3 Å². The van der Waals surface area contributed by atoms with Crippen molar-refractivity contribution >= 4 is 24.9 Å². The highest BCUT2D eigenvalue weighted by molar-refractivity contribution is 6.89. The number of amides is 1. The Bertz CT molecular complexity index is 962. The van der Waals surface area contributed by atoms with Gasteiger partial charge in [0.05, 0.1) is 26.8 Å². The molecule has 0 saturated heterocycles. The molecule has 0 bridgehead atoms. The molecule has 0 spiro atoms. The number of hydrogen-bond acceptors (Lipinski definition) is 4. The van der Waals surface area contributed by atoms with Crippen molar-refractivity contribution in [3.8, 4) is 11.8 Å². The summed E-state index contributed by atoms with van der Waals surface area (Å²) in [6, 6.07) is 14.8. The molecule has 0 saturated carbocycles. The van der Waals surface area contributed by atoms with Gasteiger partial charge in [0.1, 0.15) is 11.8 Å². The SMILES string of the molecule is C=CCN(CC=C)C(C(=O)Nc1ccc([Si](C)(C)C)c(C#N)c1)c1ccc(OC)cc1. The van der Waals surface area contributed by atoms with E-state index in [0.29, 0.717) is 24.3 Å². The van der Waals surface area contributed by atoms with E-state index in [-0.39, 0.29) is 5.91 Å². The van der Waals surface area contributed by atoms with Crippen LogP contribution in [0.25, 0.3) is 0 Å². The molecule has 1 atom stereocenters. The highest BCUT2D eigenvalue weighted by Crippen LogP contribution is 2.25. The summed E-state index contributed by atoms with van der Waals surface area (Å²) in [5.41, 5.74) is 2.06. The Labute approximate surface area is 186 Å². The maximum absolute atomic E-state index is 13.4. The summed E-state index contributed by atoms with van der Waals surface area (Å²) in [6.07, 6.45) is 3.54. The monoisotopic (exact) mass is 433 g/mol. The standard InChI is InChI=1S/C25H31N3O2Si/c1-7-15-28(16-8-2)24(19-9-12-22(30-3)13-10-19)25(29)27-21-11-14-23(31(4,5)6)20(17-21)18-26/h7-14,17,24H,1-2,15-16H2,3-6H3,(H,27,29). The van der Waals surface area contributed by atoms with Gasteiger partial charge < -0.3 is 10.1 Å². The number of hydrogen-bond donors (Lipinski definition) is 1. The van der Waals surface area contributed by atoms with Crippen LogP contribution in [0.15, 0.2) is 67.8 Å². The van der Waals surface area contributed by atoms with Crippen LogP contribution in [0.4, 0.5) is 5.69 Å². The fourth-order valence-corrected chi connectivity index (χ4v) is 5.03. The lowest BCUT2D eigenvalue weighted by Crippen LogP contribution is -2.40. The molecule has 2 rings (SSSR count). The van der Waals surface area contributed by atoms with Gasteiger partial charge in [-0.05, 0) is 35.0 Å². The molecule has 0 aliphatic rings. The third-order valence-corrected chi connectivity index (χ3v) is 7.04. The zero-order chi connectivity index (χ0) is 23.0. The Morgan fingerprint density at radius 2 is 1.77 bits per heavy atom. The van der Waals surface area contributed by atoms with Crippen LogP contribution >= 0.6 is 0 Å². The van der Waals surface area contributed by atoms with E-state index in [4.69, 9.17) is 4.74 Å². The van der Waals surface area contributed by atoms with Gasteiger partial charge in [-0.15, -0.1) is 13.2 Å². The normalized spacial score (nSPS) is 12.0. The van der Waals surface area contributed by atoms with Crippen LogP contribution < -0.4 is 15.2 Å². The molecule has 1 N–H and O–H groups in total. The third kappa shape index (κ3) is 6.17. The largest absolute Gasteiger partial charge is 0.497 e. The fraction of sp³-hybridized carbons (Fsp3) is 0.280. The average molecular weight is 434 g/mol. The minimum Gasteiger partial charge on any atom is -0.497 e. The van der Waals surface area contributed by atoms with Gasteiger partial charge in [0.2, 0.25) is 5.91 Å². The maximum Gasteiger partial charge on any atom is 0.246 e. The summed E-state index contributed by atoms with van der Waals surface area (Å²) in [6.45, 7) is 15.3. The molecule has 162 valence electrons. The van der Waals surface area contributed by atoms with E-state index in [1.54, 1.807) is 25.3 Å². The number of carbonyl (C=O) groups excluding carboxylic acids is 1. The molecular formula is C25H31N3O2Si. The molecule has 6 heteroatoms. The van der Waals surface area contributed by atoms with Crippen LogP contribution in [0.2, 0.25) is 19.6 Å². The number of nitrogens with one attached hydrogen (secondary N) is 1. The summed E-state index contributed by atoms with van der Waals surface area (Å²) >= 11 is 0. The van der Waals surface area contributed by atoms with Gasteiger partial charge in [0.15, 0.2) is 0 Å². The van der Waals surface area contributed by atoms with Crippen LogP contribution in [0.3, 0.4) is 0 Å². The predicted molar refractivity (Wildman–Crippen MR) is 130 cm³/mol. The lowest BCUT2D eigenvalue weighted by Gasteiger charge is -2.29. The number of nitrogens with zero attached hydrogens (tertiary/aromatic N) is 2. The first-order valence-corrected chi connectivity index (χ1v) is 13.7. The first-order valence-electron chi connectivity index (χ1n) is 10.2. The van der Waals surface area contributed by atoms with Crippen molar-refractivity contribution in [2.75, 3.05) is 25.5 Å². The molecule has 0 fully saturated rings. The Kier molecular flexibility index (Phi) is 8.37. The number of benzene rings is 2. The van der Waals surface area contributed by atoms with E-state index < -0.39 is 14.1 Å². The van der Waals surface area contributed by atoms with Gasteiger partial charge in [-0.2, -0.15) is 5.26 Å². The Hall–Kier alpha value is -3.14. The van der Waals surface area contributed by atoms with Crippen molar-refractivity contribution in [3.63, 3.8) is 0 Å². The smallest absolute Gasteiger partial charge is 0.246 e. The van der Waals surface area contributed by atoms with Crippen molar-refractivity contribution in [1.82, 2.24) is 4.90 Å². The molecule has 0 aliphatic carbocycles. The van der Waals surface area contributed by atoms with Gasteiger partial charge in [-0.1, -0.05) is 50.0 Å². The molecule has 1 amide bonds. The highest BCUT2D eigenvalue weighted by atomic mass is 28.3. The van der Waals surface area contributed by atoms with Gasteiger partial charge in [-0.25, -0.2) is 0 Å². The van der Waals surface area contributed by atoms with Gasteiger partial charge in [0.25, 0.3) is 0 Å². The fourth-order valence-electron chi connectivity index (χ4n) is 3.51. The van der Waals surface area contributed by atoms with Crippen LogP contribution in [-0.2, 0) is 4.79 Å². The second kappa shape index (κ2) is 10.8. The maximum atomic E-state index is 13.4. The molecule has 2 aromatic rings. The lowest BCUT2D eigenvalue weighted by atomic mass is 10.0. The van der Waals surface area contributed by atoms with Crippen molar-refractivity contribution in [2.45, 2.75) is 25.7 Å². The summed E-state index contributed by atoms with van der Waals surface area (Å²) < 4.78 is 5.25. The minimum absolute atomic E-state index is 0.182. The topological polar surface area (TPSA) is 65.4 Å². The second-order valence-electron chi connectivity index (χ2n) is 8.32. The zero-order valence-corrected chi connectivity index (χ0v) is 19.8. The van der Waals surface area contributed by atoms with Crippen molar-refractivity contribution in [1.29, 1.82) is 5.26 Å². The molecule has 0 aliphatic heterocycles. The van der Waals surface area contributed by atoms with E-state index in [9.17, 15) is 10.1 Å². The van der Waals surface area contributed by atoms with Gasteiger partial charge in [0, 0.05) is 18.8 Å². The number of rotatable bonds is 10. The Morgan fingerprint density at radius 1 is 1.16 bits per heavy atom. The molecule has 0 aromatic heterocycles. The third-order valence-electron chi connectivity index (χ3n) is 4.99. The summed E-state index contributed by atoms with van der Waals surface area (Å²) in [7, 11) is -0.0531. The minimum atomic E-state index is -1.66. The molecule has 31 heavy (non-hydrogen) atoms. The highest BCUT2D eigenvalue weighted by Gasteiger charge is 2.27. The van der Waals surface area contributed by atoms with Crippen LogP contribution in [0.5, 0.6) is 5.75 Å². The summed E-state index contributed by atoms with van der Waals surface area (Å²) in [4.78, 5) is 15.4. The molecule has 0 radical (unpaired) electrons. The van der Waals surface area contributed by atoms with Crippen molar-refractivity contribution in [3.05, 3.63) is 78.9 Å². The van der Waals surface area contributed by atoms with E-state index in [0.717, 1.165) is 16.5 Å².